The molecule has 0 aliphatic carbocycles. The van der Waals surface area contributed by atoms with Gasteiger partial charge in [0.25, 0.3) is 5.91 Å². The highest BCUT2D eigenvalue weighted by Gasteiger charge is 2.12. The minimum Gasteiger partial charge on any atom is -0.395 e. The van der Waals surface area contributed by atoms with Crippen molar-refractivity contribution in [3.8, 4) is 24.1 Å². The number of carbonyl (C=O) groups excluding carboxylic acids is 1. The van der Waals surface area contributed by atoms with Crippen molar-refractivity contribution in [3.05, 3.63) is 53.7 Å². The molecule has 0 spiro atoms. The summed E-state index contributed by atoms with van der Waals surface area (Å²) in [6.45, 7) is 11.7. The van der Waals surface area contributed by atoms with Crippen molar-refractivity contribution in [2.75, 3.05) is 25.1 Å². The largest absolute Gasteiger partial charge is 0.395 e. The number of hydrogen-bond acceptors (Lipinski definition) is 6. The van der Waals surface area contributed by atoms with Gasteiger partial charge in [-0.3, -0.25) is 4.79 Å². The minimum absolute atomic E-state index is 0.0184. The smallest absolute Gasteiger partial charge is 0.251 e. The molecule has 1 amide bonds. The number of aromatic nitrogens is 2. The van der Waals surface area contributed by atoms with Crippen LogP contribution in [0.2, 0.25) is 5.02 Å². The molecule has 1 aromatic carbocycles. The third-order valence-electron chi connectivity index (χ3n) is 4.32. The predicted molar refractivity (Wildman–Crippen MR) is 148 cm³/mol. The van der Waals surface area contributed by atoms with Crippen LogP contribution >= 0.6 is 11.6 Å². The van der Waals surface area contributed by atoms with Crippen LogP contribution in [0.5, 0.6) is 0 Å². The molecule has 0 saturated carbocycles. The highest BCUT2D eigenvalue weighted by molar-refractivity contribution is 6.32. The van der Waals surface area contributed by atoms with Crippen LogP contribution in [-0.4, -0.2) is 51.9 Å². The predicted octanol–water partition coefficient (Wildman–Crippen LogP) is 5.34. The summed E-state index contributed by atoms with van der Waals surface area (Å²) >= 11 is 6.20. The number of anilines is 1. The summed E-state index contributed by atoms with van der Waals surface area (Å²) in [5.74, 6) is 0.121. The van der Waals surface area contributed by atoms with E-state index < -0.39 is 0 Å². The van der Waals surface area contributed by atoms with E-state index in [2.05, 4.69) is 53.9 Å². The van der Waals surface area contributed by atoms with Crippen LogP contribution in [0.15, 0.2) is 43.1 Å². The fourth-order valence-corrected chi connectivity index (χ4v) is 2.70. The average Bonchev–Trinajstić information content (AvgIpc) is 2.89. The summed E-state index contributed by atoms with van der Waals surface area (Å²) in [6, 6.07) is 6.68. The Balaban J connectivity index is 0. The molecular weight excluding hydrogens is 464 g/mol. The van der Waals surface area contributed by atoms with Crippen LogP contribution in [0.25, 0.3) is 11.3 Å². The number of allylic oxidation sites excluding steroid dienone is 1. The molecule has 194 valence electrons. The summed E-state index contributed by atoms with van der Waals surface area (Å²) < 4.78 is 0. The Hall–Kier alpha value is -2.92. The van der Waals surface area contributed by atoms with E-state index in [1.54, 1.807) is 30.3 Å². The first-order chi connectivity index (χ1) is 16.9. The van der Waals surface area contributed by atoms with Gasteiger partial charge in [-0.15, -0.1) is 19.4 Å². The highest BCUT2D eigenvalue weighted by Crippen LogP contribution is 2.26. The molecule has 35 heavy (non-hydrogen) atoms. The van der Waals surface area contributed by atoms with Crippen LogP contribution in [0.3, 0.4) is 0 Å². The number of terminal acetylenes is 1. The summed E-state index contributed by atoms with van der Waals surface area (Å²) in [4.78, 5) is 20.4. The maximum Gasteiger partial charge on any atom is 0.251 e. The lowest BCUT2D eigenvalue weighted by Gasteiger charge is -2.14. The zero-order valence-corrected chi connectivity index (χ0v) is 22.2. The molecule has 0 bridgehead atoms. The molecule has 8 heteroatoms. The number of hydrogen-bond donors (Lipinski definition) is 4. The summed E-state index contributed by atoms with van der Waals surface area (Å²) in [5.41, 5.74) is 1.76. The summed E-state index contributed by atoms with van der Waals surface area (Å²) in [7, 11) is 0. The number of halogens is 1. The van der Waals surface area contributed by atoms with Gasteiger partial charge in [0, 0.05) is 17.7 Å². The van der Waals surface area contributed by atoms with Gasteiger partial charge in [0.05, 0.1) is 36.2 Å². The van der Waals surface area contributed by atoms with E-state index >= 15 is 0 Å². The maximum absolute atomic E-state index is 11.9. The number of amides is 1. The molecule has 0 radical (unpaired) electrons. The van der Waals surface area contributed by atoms with E-state index in [1.807, 2.05) is 13.8 Å². The lowest BCUT2D eigenvalue weighted by molar-refractivity contribution is 0.0945. The standard InChI is InChI=1S/C17H21ClN4O3.C5H12.C3H6.C2H2/c1-2-13(10-24)21-17-20-9-14(18)15(22-17)11-3-5-12(6-4-11)16(25)19-7-8-23;1-3-5-4-2;1-3-2;1-2/h3-6,9,13,23-24H,2,7-8,10H2,1H3,(H,19,25)(H,20,21,22);3-5H2,1-2H3;3H,1H2,2H3;1-2H. The zero-order valence-electron chi connectivity index (χ0n) is 21.4. The summed E-state index contributed by atoms with van der Waals surface area (Å²) in [6.07, 6.45) is 16.1. The van der Waals surface area contributed by atoms with Gasteiger partial charge in [0.1, 0.15) is 0 Å². The molecule has 1 atom stereocenters. The highest BCUT2D eigenvalue weighted by atomic mass is 35.5. The Morgan fingerprint density at radius 2 is 1.74 bits per heavy atom. The third kappa shape index (κ3) is 14.8. The molecule has 7 nitrogen and oxygen atoms in total. The van der Waals surface area contributed by atoms with Gasteiger partial charge < -0.3 is 20.8 Å². The number of carbonyl (C=O) groups is 1. The maximum atomic E-state index is 11.9. The number of aliphatic hydroxyl groups excluding tert-OH is 2. The molecule has 2 aromatic rings. The molecule has 0 fully saturated rings. The van der Waals surface area contributed by atoms with E-state index in [0.29, 0.717) is 22.2 Å². The van der Waals surface area contributed by atoms with Crippen molar-refractivity contribution in [3.63, 3.8) is 0 Å². The normalized spacial score (nSPS) is 10.1. The second-order valence-corrected chi connectivity index (χ2v) is 7.55. The molecule has 1 aromatic heterocycles. The van der Waals surface area contributed by atoms with Gasteiger partial charge in [0.2, 0.25) is 5.95 Å². The first-order valence-electron chi connectivity index (χ1n) is 11.7. The lowest BCUT2D eigenvalue weighted by atomic mass is 10.1. The first kappa shape index (κ1) is 34.2. The SMILES string of the molecule is C#C.C=CC.CCC(CO)Nc1ncc(Cl)c(-c2ccc(C(=O)NCCO)cc2)n1.CCCCC. The van der Waals surface area contributed by atoms with E-state index in [4.69, 9.17) is 16.7 Å². The molecule has 4 N–H and O–H groups in total. The Kier molecular flexibility index (Phi) is 22.4. The minimum atomic E-state index is -0.259. The Labute approximate surface area is 216 Å². The number of unbranched alkanes of at least 4 members (excludes halogenated alkanes) is 2. The van der Waals surface area contributed by atoms with Crippen LogP contribution in [0.1, 0.15) is 63.7 Å². The fourth-order valence-electron chi connectivity index (χ4n) is 2.50. The molecule has 1 heterocycles. The average molecular weight is 505 g/mol. The zero-order chi connectivity index (χ0) is 27.1. The molecule has 0 aliphatic heterocycles. The van der Waals surface area contributed by atoms with Gasteiger partial charge in [-0.1, -0.05) is 69.8 Å². The number of nitrogens with zero attached hydrogens (tertiary/aromatic N) is 2. The first-order valence-corrected chi connectivity index (χ1v) is 12.1. The van der Waals surface area contributed by atoms with Crippen molar-refractivity contribution in [2.24, 2.45) is 0 Å². The Morgan fingerprint density at radius 1 is 1.17 bits per heavy atom. The van der Waals surface area contributed by atoms with Crippen molar-refractivity contribution in [1.82, 2.24) is 15.3 Å². The number of nitrogens with one attached hydrogen (secondary N) is 2. The molecule has 0 aliphatic rings. The third-order valence-corrected chi connectivity index (χ3v) is 4.59. The van der Waals surface area contributed by atoms with Crippen LogP contribution < -0.4 is 10.6 Å². The van der Waals surface area contributed by atoms with Gasteiger partial charge in [-0.2, -0.15) is 0 Å². The van der Waals surface area contributed by atoms with Crippen molar-refractivity contribution in [1.29, 1.82) is 0 Å². The Bertz CT molecular complexity index is 836. The molecule has 2 rings (SSSR count). The van der Waals surface area contributed by atoms with E-state index in [1.165, 1.54) is 25.5 Å². The lowest BCUT2D eigenvalue weighted by Crippen LogP contribution is -2.26. The van der Waals surface area contributed by atoms with Crippen molar-refractivity contribution in [2.45, 2.75) is 59.4 Å². The Morgan fingerprint density at radius 3 is 2.17 bits per heavy atom. The van der Waals surface area contributed by atoms with Crippen molar-refractivity contribution < 1.29 is 15.0 Å². The van der Waals surface area contributed by atoms with Gasteiger partial charge >= 0.3 is 0 Å². The second kappa shape index (κ2) is 22.9. The monoisotopic (exact) mass is 504 g/mol. The van der Waals surface area contributed by atoms with Gasteiger partial charge in [-0.25, -0.2) is 9.97 Å². The topological polar surface area (TPSA) is 107 Å². The van der Waals surface area contributed by atoms with Crippen molar-refractivity contribution >= 4 is 23.5 Å². The molecule has 1 unspecified atom stereocenters. The van der Waals surface area contributed by atoms with Gasteiger partial charge in [0.15, 0.2) is 0 Å². The van der Waals surface area contributed by atoms with Crippen LogP contribution in [0.4, 0.5) is 5.95 Å². The number of aliphatic hydroxyl groups is 2. The second-order valence-electron chi connectivity index (χ2n) is 7.14. The molecular formula is C27H41ClN4O3. The quantitative estimate of drug-likeness (QED) is 0.257. The summed E-state index contributed by atoms with van der Waals surface area (Å²) in [5, 5.41) is 24.0. The fraction of sp³-hybridized carbons (Fsp3) is 0.444. The van der Waals surface area contributed by atoms with Crippen LogP contribution in [0, 0.1) is 12.8 Å². The molecule has 0 saturated heterocycles. The van der Waals surface area contributed by atoms with Gasteiger partial charge in [-0.05, 0) is 25.5 Å². The number of rotatable bonds is 10. The van der Waals surface area contributed by atoms with Crippen LogP contribution in [-0.2, 0) is 0 Å². The van der Waals surface area contributed by atoms with E-state index in [9.17, 15) is 9.90 Å². The number of benzene rings is 1. The van der Waals surface area contributed by atoms with E-state index in [0.717, 1.165) is 12.0 Å². The van der Waals surface area contributed by atoms with E-state index in [-0.39, 0.29) is 31.7 Å².